The minimum absolute atomic E-state index is 0.307. The van der Waals surface area contributed by atoms with Crippen molar-refractivity contribution in [1.29, 1.82) is 0 Å². The van der Waals surface area contributed by atoms with Crippen LogP contribution in [0.5, 0.6) is 0 Å². The van der Waals surface area contributed by atoms with Gasteiger partial charge in [-0.05, 0) is 25.8 Å². The number of hydrogen-bond acceptors (Lipinski definition) is 3. The summed E-state index contributed by atoms with van der Waals surface area (Å²) >= 11 is 0. The van der Waals surface area contributed by atoms with Gasteiger partial charge in [0.1, 0.15) is 11.9 Å². The van der Waals surface area contributed by atoms with Crippen LogP contribution < -0.4 is 5.32 Å². The molecule has 1 aliphatic rings. The lowest BCUT2D eigenvalue weighted by Gasteiger charge is -2.18. The molecule has 5 nitrogen and oxygen atoms in total. The standard InChI is InChI=1S/C14H16FNO4/c1-8(9-4-2-3-5-10(9)15)16-13(17)11-6-7-12(20-11)14(18)19/h2-5,8,11-12H,6-7H2,1H3,(H,16,17)(H,18,19)/t8-,11+,12-/m1/s1. The monoisotopic (exact) mass is 281 g/mol. The largest absolute Gasteiger partial charge is 0.479 e. The topological polar surface area (TPSA) is 75.6 Å². The number of aliphatic carboxylic acids is 1. The van der Waals surface area contributed by atoms with E-state index in [1.165, 1.54) is 6.07 Å². The van der Waals surface area contributed by atoms with E-state index in [2.05, 4.69) is 5.32 Å². The highest BCUT2D eigenvalue weighted by Crippen LogP contribution is 2.22. The molecule has 1 saturated heterocycles. The van der Waals surface area contributed by atoms with Gasteiger partial charge in [-0.3, -0.25) is 4.79 Å². The predicted molar refractivity (Wildman–Crippen MR) is 68.5 cm³/mol. The summed E-state index contributed by atoms with van der Waals surface area (Å²) in [6, 6.07) is 5.68. The van der Waals surface area contributed by atoms with Gasteiger partial charge in [0.25, 0.3) is 0 Å². The van der Waals surface area contributed by atoms with E-state index in [4.69, 9.17) is 9.84 Å². The zero-order chi connectivity index (χ0) is 14.7. The maximum atomic E-state index is 13.6. The van der Waals surface area contributed by atoms with Crippen LogP contribution >= 0.6 is 0 Å². The average Bonchev–Trinajstić information content (AvgIpc) is 2.88. The number of rotatable bonds is 4. The SMILES string of the molecule is C[C@@H](NC(=O)[C@@H]1CC[C@H](C(=O)O)O1)c1ccccc1F. The van der Waals surface area contributed by atoms with Gasteiger partial charge in [0, 0.05) is 5.56 Å². The quantitative estimate of drug-likeness (QED) is 0.879. The molecule has 0 unspecified atom stereocenters. The van der Waals surface area contributed by atoms with Gasteiger partial charge < -0.3 is 15.2 Å². The molecular formula is C14H16FNO4. The van der Waals surface area contributed by atoms with Gasteiger partial charge >= 0.3 is 5.97 Å². The van der Waals surface area contributed by atoms with Crippen LogP contribution in [0, 0.1) is 5.82 Å². The number of carbonyl (C=O) groups is 2. The fraction of sp³-hybridized carbons (Fsp3) is 0.429. The third kappa shape index (κ3) is 3.14. The molecule has 0 spiro atoms. The van der Waals surface area contributed by atoms with E-state index in [9.17, 15) is 14.0 Å². The smallest absolute Gasteiger partial charge is 0.332 e. The Hall–Kier alpha value is -1.95. The lowest BCUT2D eigenvalue weighted by Crippen LogP contribution is -2.37. The first kappa shape index (κ1) is 14.5. The molecule has 1 aromatic carbocycles. The molecule has 1 heterocycles. The molecule has 0 aromatic heterocycles. The molecule has 6 heteroatoms. The number of nitrogens with one attached hydrogen (secondary N) is 1. The Kier molecular flexibility index (Phi) is 4.34. The first-order valence-corrected chi connectivity index (χ1v) is 6.42. The summed E-state index contributed by atoms with van der Waals surface area (Å²) in [6.07, 6.45) is -1.06. The van der Waals surface area contributed by atoms with E-state index < -0.39 is 35.9 Å². The fourth-order valence-corrected chi connectivity index (χ4v) is 2.22. The van der Waals surface area contributed by atoms with Gasteiger partial charge in [-0.25, -0.2) is 9.18 Å². The van der Waals surface area contributed by atoms with Crippen LogP contribution in [-0.4, -0.2) is 29.2 Å². The molecule has 0 radical (unpaired) electrons. The van der Waals surface area contributed by atoms with E-state index >= 15 is 0 Å². The highest BCUT2D eigenvalue weighted by molar-refractivity contribution is 5.83. The van der Waals surface area contributed by atoms with Crippen LogP contribution in [-0.2, 0) is 14.3 Å². The number of carboxylic acid groups (broad SMARTS) is 1. The van der Waals surface area contributed by atoms with E-state index in [0.717, 1.165) is 0 Å². The van der Waals surface area contributed by atoms with Crippen molar-refractivity contribution in [2.45, 2.75) is 38.0 Å². The molecule has 0 saturated carbocycles. The van der Waals surface area contributed by atoms with Gasteiger partial charge in [-0.2, -0.15) is 0 Å². The fourth-order valence-electron chi connectivity index (χ4n) is 2.22. The zero-order valence-electron chi connectivity index (χ0n) is 11.0. The number of benzene rings is 1. The molecule has 2 rings (SSSR count). The number of carboxylic acids is 1. The molecule has 1 aliphatic heterocycles. The molecule has 1 amide bonds. The maximum Gasteiger partial charge on any atom is 0.332 e. The number of ether oxygens (including phenoxy) is 1. The molecule has 3 atom stereocenters. The number of halogens is 1. The van der Waals surface area contributed by atoms with E-state index in [1.807, 2.05) is 0 Å². The van der Waals surface area contributed by atoms with Crippen molar-refractivity contribution in [3.05, 3.63) is 35.6 Å². The minimum atomic E-state index is -1.07. The van der Waals surface area contributed by atoms with Crippen molar-refractivity contribution in [2.24, 2.45) is 0 Å². The molecule has 0 bridgehead atoms. The molecule has 2 N–H and O–H groups in total. The number of amides is 1. The van der Waals surface area contributed by atoms with Gasteiger partial charge in [0.15, 0.2) is 6.10 Å². The Morgan fingerprint density at radius 2 is 2.00 bits per heavy atom. The van der Waals surface area contributed by atoms with Crippen LogP contribution in [0.25, 0.3) is 0 Å². The van der Waals surface area contributed by atoms with Crippen LogP contribution in [0.15, 0.2) is 24.3 Å². The second-order valence-corrected chi connectivity index (χ2v) is 4.78. The van der Waals surface area contributed by atoms with Crippen LogP contribution in [0.3, 0.4) is 0 Å². The Balaban J connectivity index is 1.95. The highest BCUT2D eigenvalue weighted by Gasteiger charge is 2.35. The van der Waals surface area contributed by atoms with Crippen LogP contribution in [0.4, 0.5) is 4.39 Å². The van der Waals surface area contributed by atoms with Crippen LogP contribution in [0.2, 0.25) is 0 Å². The lowest BCUT2D eigenvalue weighted by atomic mass is 10.1. The van der Waals surface area contributed by atoms with Gasteiger partial charge in [-0.15, -0.1) is 0 Å². The normalized spacial score (nSPS) is 23.3. The summed E-state index contributed by atoms with van der Waals surface area (Å²) in [7, 11) is 0. The number of hydrogen-bond donors (Lipinski definition) is 2. The maximum absolute atomic E-state index is 13.6. The lowest BCUT2D eigenvalue weighted by molar-refractivity contribution is -0.151. The third-order valence-electron chi connectivity index (χ3n) is 3.32. The summed E-state index contributed by atoms with van der Waals surface area (Å²) in [5, 5.41) is 11.4. The predicted octanol–water partition coefficient (Wildman–Crippen LogP) is 1.64. The van der Waals surface area contributed by atoms with Gasteiger partial charge in [-0.1, -0.05) is 18.2 Å². The summed E-state index contributed by atoms with van der Waals surface area (Å²) in [5.74, 6) is -1.87. The van der Waals surface area contributed by atoms with E-state index in [1.54, 1.807) is 25.1 Å². The van der Waals surface area contributed by atoms with Crippen molar-refractivity contribution >= 4 is 11.9 Å². The summed E-state index contributed by atoms with van der Waals surface area (Å²) in [6.45, 7) is 1.67. The molecule has 20 heavy (non-hydrogen) atoms. The van der Waals surface area contributed by atoms with E-state index in [-0.39, 0.29) is 0 Å². The molecule has 1 aromatic rings. The Labute approximate surface area is 115 Å². The van der Waals surface area contributed by atoms with E-state index in [0.29, 0.717) is 18.4 Å². The van der Waals surface area contributed by atoms with Gasteiger partial charge in [0.2, 0.25) is 5.91 Å². The second-order valence-electron chi connectivity index (χ2n) is 4.78. The summed E-state index contributed by atoms with van der Waals surface area (Å²) in [4.78, 5) is 22.7. The molecule has 108 valence electrons. The third-order valence-corrected chi connectivity index (χ3v) is 3.32. The zero-order valence-corrected chi connectivity index (χ0v) is 11.0. The first-order valence-electron chi connectivity index (χ1n) is 6.42. The van der Waals surface area contributed by atoms with Crippen molar-refractivity contribution < 1.29 is 23.8 Å². The Morgan fingerprint density at radius 1 is 1.35 bits per heavy atom. The first-order chi connectivity index (χ1) is 9.49. The number of carbonyl (C=O) groups excluding carboxylic acids is 1. The highest BCUT2D eigenvalue weighted by atomic mass is 19.1. The van der Waals surface area contributed by atoms with Crippen molar-refractivity contribution in [3.63, 3.8) is 0 Å². The summed E-state index contributed by atoms with van der Waals surface area (Å²) in [5.41, 5.74) is 0.383. The van der Waals surface area contributed by atoms with Crippen molar-refractivity contribution in [3.8, 4) is 0 Å². The van der Waals surface area contributed by atoms with Crippen molar-refractivity contribution in [2.75, 3.05) is 0 Å². The van der Waals surface area contributed by atoms with Crippen molar-refractivity contribution in [1.82, 2.24) is 5.32 Å². The molecule has 1 fully saturated rings. The Bertz CT molecular complexity index is 520. The average molecular weight is 281 g/mol. The van der Waals surface area contributed by atoms with Crippen LogP contribution in [0.1, 0.15) is 31.4 Å². The Morgan fingerprint density at radius 3 is 2.60 bits per heavy atom. The second kappa shape index (κ2) is 6.00. The van der Waals surface area contributed by atoms with Gasteiger partial charge in [0.05, 0.1) is 6.04 Å². The summed E-state index contributed by atoms with van der Waals surface area (Å²) < 4.78 is 18.7. The molecule has 0 aliphatic carbocycles. The molecular weight excluding hydrogens is 265 g/mol. The minimum Gasteiger partial charge on any atom is -0.479 e.